The standard InChI is InChI=1S/C17H16N2S/c1-12-8-10-14(11-9-12)16-15(18-17(19-16)20-2)13-6-4-3-5-7-13/h3-11H,1-2H3,(H,18,19). The summed E-state index contributed by atoms with van der Waals surface area (Å²) in [7, 11) is 0. The molecule has 3 heteroatoms. The molecular weight excluding hydrogens is 264 g/mol. The second-order valence-corrected chi connectivity index (χ2v) is 5.50. The highest BCUT2D eigenvalue weighted by Gasteiger charge is 2.13. The van der Waals surface area contributed by atoms with E-state index in [-0.39, 0.29) is 0 Å². The van der Waals surface area contributed by atoms with Crippen LogP contribution in [0.2, 0.25) is 0 Å². The van der Waals surface area contributed by atoms with Crippen molar-refractivity contribution in [3.8, 4) is 22.5 Å². The van der Waals surface area contributed by atoms with E-state index >= 15 is 0 Å². The van der Waals surface area contributed by atoms with Crippen LogP contribution in [0, 0.1) is 6.92 Å². The number of nitrogens with zero attached hydrogens (tertiary/aromatic N) is 1. The molecule has 0 bridgehead atoms. The molecule has 2 nitrogen and oxygen atoms in total. The first-order valence-electron chi connectivity index (χ1n) is 6.54. The zero-order chi connectivity index (χ0) is 13.9. The van der Waals surface area contributed by atoms with Crippen molar-refractivity contribution in [3.63, 3.8) is 0 Å². The topological polar surface area (TPSA) is 28.7 Å². The van der Waals surface area contributed by atoms with E-state index in [2.05, 4.69) is 48.3 Å². The first kappa shape index (κ1) is 13.0. The summed E-state index contributed by atoms with van der Waals surface area (Å²) in [6.45, 7) is 2.10. The molecule has 3 aromatic rings. The number of nitrogens with one attached hydrogen (secondary N) is 1. The van der Waals surface area contributed by atoms with Gasteiger partial charge in [0.05, 0.1) is 11.4 Å². The van der Waals surface area contributed by atoms with E-state index in [0.717, 1.165) is 22.1 Å². The predicted octanol–water partition coefficient (Wildman–Crippen LogP) is 4.77. The second kappa shape index (κ2) is 5.55. The predicted molar refractivity (Wildman–Crippen MR) is 86.0 cm³/mol. The Morgan fingerprint density at radius 1 is 0.900 bits per heavy atom. The van der Waals surface area contributed by atoms with Gasteiger partial charge in [-0.25, -0.2) is 4.98 Å². The van der Waals surface area contributed by atoms with Crippen molar-refractivity contribution < 1.29 is 0 Å². The van der Waals surface area contributed by atoms with Crippen molar-refractivity contribution in [1.29, 1.82) is 0 Å². The van der Waals surface area contributed by atoms with Crippen molar-refractivity contribution in [3.05, 3.63) is 60.2 Å². The smallest absolute Gasteiger partial charge is 0.166 e. The highest BCUT2D eigenvalue weighted by molar-refractivity contribution is 7.98. The molecule has 3 rings (SSSR count). The average molecular weight is 280 g/mol. The summed E-state index contributed by atoms with van der Waals surface area (Å²) in [6, 6.07) is 18.8. The zero-order valence-electron chi connectivity index (χ0n) is 11.6. The third-order valence-electron chi connectivity index (χ3n) is 3.26. The SMILES string of the molecule is CSc1nc(-c2ccccc2)c(-c2ccc(C)cc2)[nH]1. The molecular formula is C17H16N2S. The van der Waals surface area contributed by atoms with Crippen LogP contribution in [0.4, 0.5) is 0 Å². The van der Waals surface area contributed by atoms with Gasteiger partial charge in [-0.1, -0.05) is 71.9 Å². The fourth-order valence-electron chi connectivity index (χ4n) is 2.18. The average Bonchev–Trinajstić information content (AvgIpc) is 2.93. The number of thioether (sulfide) groups is 1. The highest BCUT2D eigenvalue weighted by Crippen LogP contribution is 2.32. The molecule has 0 amide bonds. The number of aromatic nitrogens is 2. The molecule has 0 unspecified atom stereocenters. The van der Waals surface area contributed by atoms with Gasteiger partial charge in [-0.3, -0.25) is 0 Å². The minimum atomic E-state index is 0.944. The maximum atomic E-state index is 4.71. The molecule has 1 heterocycles. The van der Waals surface area contributed by atoms with Crippen molar-refractivity contribution in [2.45, 2.75) is 12.1 Å². The number of hydrogen-bond acceptors (Lipinski definition) is 2. The van der Waals surface area contributed by atoms with E-state index < -0.39 is 0 Å². The van der Waals surface area contributed by atoms with E-state index in [1.165, 1.54) is 11.1 Å². The van der Waals surface area contributed by atoms with Gasteiger partial charge in [-0.2, -0.15) is 0 Å². The normalized spacial score (nSPS) is 10.7. The van der Waals surface area contributed by atoms with Crippen LogP contribution in [0.1, 0.15) is 5.56 Å². The van der Waals surface area contributed by atoms with Gasteiger partial charge < -0.3 is 4.98 Å². The quantitative estimate of drug-likeness (QED) is 0.700. The van der Waals surface area contributed by atoms with Gasteiger partial charge in [0.15, 0.2) is 5.16 Å². The summed E-state index contributed by atoms with van der Waals surface area (Å²) in [4.78, 5) is 8.12. The van der Waals surface area contributed by atoms with Gasteiger partial charge in [0, 0.05) is 11.1 Å². The van der Waals surface area contributed by atoms with Crippen LogP contribution in [-0.2, 0) is 0 Å². The van der Waals surface area contributed by atoms with Gasteiger partial charge in [0.2, 0.25) is 0 Å². The lowest BCUT2D eigenvalue weighted by atomic mass is 10.0. The molecule has 2 aromatic carbocycles. The molecule has 0 fully saturated rings. The third kappa shape index (κ3) is 2.49. The summed E-state index contributed by atoms with van der Waals surface area (Å²) in [5, 5.41) is 0.944. The van der Waals surface area contributed by atoms with Crippen LogP contribution in [0.15, 0.2) is 59.8 Å². The Balaban J connectivity index is 2.15. The minimum absolute atomic E-state index is 0.944. The first-order chi connectivity index (χ1) is 9.78. The largest absolute Gasteiger partial charge is 0.332 e. The van der Waals surface area contributed by atoms with Crippen LogP contribution in [0.5, 0.6) is 0 Å². The molecule has 0 aliphatic carbocycles. The van der Waals surface area contributed by atoms with Crippen LogP contribution < -0.4 is 0 Å². The van der Waals surface area contributed by atoms with Gasteiger partial charge in [0.1, 0.15) is 0 Å². The minimum Gasteiger partial charge on any atom is -0.332 e. The molecule has 0 aliphatic rings. The van der Waals surface area contributed by atoms with Crippen LogP contribution in [0.25, 0.3) is 22.5 Å². The van der Waals surface area contributed by atoms with E-state index in [1.54, 1.807) is 11.8 Å². The Kier molecular flexibility index (Phi) is 3.61. The molecule has 20 heavy (non-hydrogen) atoms. The lowest BCUT2D eigenvalue weighted by molar-refractivity contribution is 1.07. The van der Waals surface area contributed by atoms with Crippen molar-refractivity contribution in [2.75, 3.05) is 6.26 Å². The zero-order valence-corrected chi connectivity index (χ0v) is 12.4. The molecule has 100 valence electrons. The number of H-pyrrole nitrogens is 1. The lowest BCUT2D eigenvalue weighted by Crippen LogP contribution is -1.84. The van der Waals surface area contributed by atoms with Crippen molar-refractivity contribution in [1.82, 2.24) is 9.97 Å². The Morgan fingerprint density at radius 3 is 2.25 bits per heavy atom. The molecule has 0 aliphatic heterocycles. The number of rotatable bonds is 3. The molecule has 0 atom stereocenters. The van der Waals surface area contributed by atoms with Gasteiger partial charge in [-0.05, 0) is 13.2 Å². The summed E-state index contributed by atoms with van der Waals surface area (Å²) in [5.74, 6) is 0. The fourth-order valence-corrected chi connectivity index (χ4v) is 2.57. The number of imidazole rings is 1. The molecule has 1 N–H and O–H groups in total. The van der Waals surface area contributed by atoms with Crippen molar-refractivity contribution in [2.24, 2.45) is 0 Å². The highest BCUT2D eigenvalue weighted by atomic mass is 32.2. The lowest BCUT2D eigenvalue weighted by Gasteiger charge is -2.03. The van der Waals surface area contributed by atoms with E-state index in [0.29, 0.717) is 0 Å². The molecule has 1 aromatic heterocycles. The summed E-state index contributed by atoms with van der Waals surface area (Å²) in [5.41, 5.74) is 5.67. The molecule has 0 radical (unpaired) electrons. The Hall–Kier alpha value is -2.00. The monoisotopic (exact) mass is 280 g/mol. The summed E-state index contributed by atoms with van der Waals surface area (Å²) >= 11 is 1.63. The van der Waals surface area contributed by atoms with E-state index in [4.69, 9.17) is 4.98 Å². The maximum Gasteiger partial charge on any atom is 0.166 e. The van der Waals surface area contributed by atoms with Crippen LogP contribution in [0.3, 0.4) is 0 Å². The summed E-state index contributed by atoms with van der Waals surface area (Å²) < 4.78 is 0. The van der Waals surface area contributed by atoms with E-state index in [9.17, 15) is 0 Å². The van der Waals surface area contributed by atoms with Crippen molar-refractivity contribution >= 4 is 11.8 Å². The third-order valence-corrected chi connectivity index (χ3v) is 3.84. The number of benzene rings is 2. The summed E-state index contributed by atoms with van der Waals surface area (Å²) in [6.07, 6.45) is 2.03. The second-order valence-electron chi connectivity index (χ2n) is 4.70. The first-order valence-corrected chi connectivity index (χ1v) is 7.77. The Morgan fingerprint density at radius 2 is 1.60 bits per heavy atom. The Bertz CT molecular complexity index is 700. The molecule has 0 saturated heterocycles. The maximum absolute atomic E-state index is 4.71. The number of aromatic amines is 1. The number of aryl methyl sites for hydroxylation is 1. The van der Waals surface area contributed by atoms with Gasteiger partial charge >= 0.3 is 0 Å². The fraction of sp³-hybridized carbons (Fsp3) is 0.118. The van der Waals surface area contributed by atoms with E-state index in [1.807, 2.05) is 24.5 Å². The Labute approximate surface area is 123 Å². The van der Waals surface area contributed by atoms with Crippen LogP contribution >= 0.6 is 11.8 Å². The van der Waals surface area contributed by atoms with Crippen LogP contribution in [-0.4, -0.2) is 16.2 Å². The van der Waals surface area contributed by atoms with Gasteiger partial charge in [0.25, 0.3) is 0 Å². The van der Waals surface area contributed by atoms with Gasteiger partial charge in [-0.15, -0.1) is 0 Å². The molecule has 0 saturated carbocycles. The number of hydrogen-bond donors (Lipinski definition) is 1. The molecule has 0 spiro atoms.